The van der Waals surface area contributed by atoms with Gasteiger partial charge in [-0.15, -0.1) is 0 Å². The molecule has 1 aliphatic carbocycles. The topological polar surface area (TPSA) is 40.5 Å². The van der Waals surface area contributed by atoms with Gasteiger partial charge in [-0.25, -0.2) is 0 Å². The number of hydrogen-bond donors (Lipinski definition) is 1. The number of halogens is 3. The molecule has 1 heterocycles. The number of alkyl halides is 3. The molecule has 1 aromatic carbocycles. The molecule has 0 bridgehead atoms. The minimum atomic E-state index is -4.33. The van der Waals surface area contributed by atoms with Gasteiger partial charge >= 0.3 is 12.1 Å². The lowest BCUT2D eigenvalue weighted by Crippen LogP contribution is -2.36. The lowest BCUT2D eigenvalue weighted by molar-refractivity contribution is -0.145. The van der Waals surface area contributed by atoms with Crippen molar-refractivity contribution in [2.75, 3.05) is 13.1 Å². The Morgan fingerprint density at radius 1 is 1.17 bits per heavy atom. The van der Waals surface area contributed by atoms with E-state index in [0.717, 1.165) is 56.3 Å². The number of aliphatic carboxylic acids is 1. The van der Waals surface area contributed by atoms with Crippen molar-refractivity contribution in [1.29, 1.82) is 0 Å². The van der Waals surface area contributed by atoms with Gasteiger partial charge in [0.1, 0.15) is 0 Å². The summed E-state index contributed by atoms with van der Waals surface area (Å²) in [7, 11) is 0. The summed E-state index contributed by atoms with van der Waals surface area (Å²) in [6, 6.07) is 5.17. The fourth-order valence-electron chi connectivity index (χ4n) is 4.35. The molecule has 2 aliphatic rings. The fourth-order valence-corrected chi connectivity index (χ4v) is 4.35. The summed E-state index contributed by atoms with van der Waals surface area (Å²) in [5.74, 6) is -1.11. The number of carbonyl (C=O) groups is 1. The van der Waals surface area contributed by atoms with Crippen LogP contribution in [0.1, 0.15) is 43.2 Å². The van der Waals surface area contributed by atoms with Crippen LogP contribution in [-0.4, -0.2) is 29.1 Å². The number of hydrogen-bond acceptors (Lipinski definition) is 2. The minimum Gasteiger partial charge on any atom is -0.481 e. The average Bonchev–Trinajstić information content (AvgIpc) is 2.85. The minimum absolute atomic E-state index is 0.157. The molecule has 1 N–H and O–H groups in total. The molecule has 1 aromatic rings. The van der Waals surface area contributed by atoms with Gasteiger partial charge < -0.3 is 5.11 Å². The predicted octanol–water partition coefficient (Wildman–Crippen LogP) is 4.17. The second-order valence-electron chi connectivity index (χ2n) is 7.18. The number of rotatable bonds is 3. The van der Waals surface area contributed by atoms with Crippen LogP contribution in [0.5, 0.6) is 0 Å². The van der Waals surface area contributed by atoms with E-state index >= 15 is 0 Å². The normalized spacial score (nSPS) is 24.4. The first-order valence-corrected chi connectivity index (χ1v) is 8.41. The average molecular weight is 341 g/mol. The van der Waals surface area contributed by atoms with Crippen molar-refractivity contribution >= 4 is 5.97 Å². The van der Waals surface area contributed by atoms with E-state index in [4.69, 9.17) is 0 Å². The maximum absolute atomic E-state index is 12.6. The Hall–Kier alpha value is -1.56. The Labute approximate surface area is 139 Å². The van der Waals surface area contributed by atoms with Gasteiger partial charge in [0.05, 0.1) is 11.5 Å². The van der Waals surface area contributed by atoms with E-state index in [1.807, 2.05) is 0 Å². The highest BCUT2D eigenvalue weighted by atomic mass is 19.4. The summed E-state index contributed by atoms with van der Waals surface area (Å²) in [5, 5.41) is 9.59. The van der Waals surface area contributed by atoms with Gasteiger partial charge in [-0.3, -0.25) is 9.69 Å². The number of likely N-dealkylation sites (tertiary alicyclic amines) is 1. The zero-order chi connectivity index (χ0) is 17.4. The van der Waals surface area contributed by atoms with E-state index in [2.05, 4.69) is 4.90 Å². The van der Waals surface area contributed by atoms with Crippen molar-refractivity contribution in [3.63, 3.8) is 0 Å². The summed E-state index contributed by atoms with van der Waals surface area (Å²) in [6.45, 7) is 1.71. The smallest absolute Gasteiger partial charge is 0.416 e. The maximum atomic E-state index is 12.6. The molecule has 0 amide bonds. The molecule has 0 aromatic heterocycles. The van der Waals surface area contributed by atoms with Crippen molar-refractivity contribution in [2.45, 2.75) is 44.8 Å². The Morgan fingerprint density at radius 3 is 2.33 bits per heavy atom. The van der Waals surface area contributed by atoms with Crippen LogP contribution in [0.2, 0.25) is 0 Å². The van der Waals surface area contributed by atoms with E-state index in [0.29, 0.717) is 13.1 Å². The standard InChI is InChI=1S/C18H22F3NO2/c19-18(20,21)14-6-4-13(5-7-14)10-22-11-15(16(23)24)17(12-22)8-2-1-3-9-17/h4-7,15H,1-3,8-12H2,(H,23,24)/t15-/m0/s1. The third-order valence-electron chi connectivity index (χ3n) is 5.55. The third-order valence-corrected chi connectivity index (χ3v) is 5.55. The molecule has 132 valence electrons. The fraction of sp³-hybridized carbons (Fsp3) is 0.611. The van der Waals surface area contributed by atoms with E-state index in [1.54, 1.807) is 0 Å². The first-order chi connectivity index (χ1) is 11.3. The lowest BCUT2D eigenvalue weighted by Gasteiger charge is -2.36. The largest absolute Gasteiger partial charge is 0.481 e. The molecule has 2 fully saturated rings. The van der Waals surface area contributed by atoms with Crippen LogP contribution in [-0.2, 0) is 17.5 Å². The molecular weight excluding hydrogens is 319 g/mol. The molecule has 1 saturated carbocycles. The summed E-state index contributed by atoms with van der Waals surface area (Å²) in [6.07, 6.45) is 0.844. The highest BCUT2D eigenvalue weighted by Gasteiger charge is 2.50. The quantitative estimate of drug-likeness (QED) is 0.897. The van der Waals surface area contributed by atoms with Crippen LogP contribution < -0.4 is 0 Å². The summed E-state index contributed by atoms with van der Waals surface area (Å²) in [5.41, 5.74) is -0.0180. The van der Waals surface area contributed by atoms with Gasteiger partial charge in [0, 0.05) is 19.6 Å². The first-order valence-electron chi connectivity index (χ1n) is 8.41. The van der Waals surface area contributed by atoms with Gasteiger partial charge in [0.15, 0.2) is 0 Å². The molecule has 1 atom stereocenters. The van der Waals surface area contributed by atoms with Gasteiger partial charge in [0.25, 0.3) is 0 Å². The van der Waals surface area contributed by atoms with Crippen molar-refractivity contribution in [3.8, 4) is 0 Å². The zero-order valence-corrected chi connectivity index (χ0v) is 13.5. The number of carboxylic acids is 1. The van der Waals surface area contributed by atoms with Crippen molar-refractivity contribution in [1.82, 2.24) is 4.90 Å². The molecule has 1 saturated heterocycles. The first kappa shape index (κ1) is 17.3. The third kappa shape index (κ3) is 3.43. The van der Waals surface area contributed by atoms with Gasteiger partial charge in [0.2, 0.25) is 0 Å². The Balaban J connectivity index is 1.71. The lowest BCUT2D eigenvalue weighted by atomic mass is 9.68. The van der Waals surface area contributed by atoms with Crippen LogP contribution in [0.15, 0.2) is 24.3 Å². The van der Waals surface area contributed by atoms with E-state index in [9.17, 15) is 23.1 Å². The van der Waals surface area contributed by atoms with E-state index < -0.39 is 17.7 Å². The van der Waals surface area contributed by atoms with Crippen LogP contribution in [0.4, 0.5) is 13.2 Å². The van der Waals surface area contributed by atoms with E-state index in [-0.39, 0.29) is 11.3 Å². The zero-order valence-electron chi connectivity index (χ0n) is 13.5. The summed E-state index contributed by atoms with van der Waals surface area (Å²) >= 11 is 0. The molecule has 24 heavy (non-hydrogen) atoms. The monoisotopic (exact) mass is 341 g/mol. The molecule has 0 radical (unpaired) electrons. The van der Waals surface area contributed by atoms with Crippen LogP contribution >= 0.6 is 0 Å². The van der Waals surface area contributed by atoms with Crippen LogP contribution in [0, 0.1) is 11.3 Å². The predicted molar refractivity (Wildman–Crippen MR) is 83.4 cm³/mol. The molecule has 0 unspecified atom stereocenters. The molecule has 3 nitrogen and oxygen atoms in total. The maximum Gasteiger partial charge on any atom is 0.416 e. The number of benzene rings is 1. The second kappa shape index (κ2) is 6.39. The van der Waals surface area contributed by atoms with Crippen molar-refractivity contribution in [3.05, 3.63) is 35.4 Å². The Bertz CT molecular complexity index is 591. The van der Waals surface area contributed by atoms with Gasteiger partial charge in [-0.05, 0) is 36.0 Å². The molecule has 1 aliphatic heterocycles. The molecular formula is C18H22F3NO2. The molecule has 6 heteroatoms. The van der Waals surface area contributed by atoms with Gasteiger partial charge in [-0.1, -0.05) is 31.4 Å². The summed E-state index contributed by atoms with van der Waals surface area (Å²) in [4.78, 5) is 13.8. The van der Waals surface area contributed by atoms with E-state index in [1.165, 1.54) is 12.1 Å². The van der Waals surface area contributed by atoms with Gasteiger partial charge in [-0.2, -0.15) is 13.2 Å². The van der Waals surface area contributed by atoms with Crippen molar-refractivity contribution < 1.29 is 23.1 Å². The van der Waals surface area contributed by atoms with Crippen LogP contribution in [0.25, 0.3) is 0 Å². The SMILES string of the molecule is O=C(O)[C@@H]1CN(Cc2ccc(C(F)(F)F)cc2)CC12CCCCC2. The highest BCUT2D eigenvalue weighted by Crippen LogP contribution is 2.48. The molecule has 3 rings (SSSR count). The highest BCUT2D eigenvalue weighted by molar-refractivity contribution is 5.72. The summed E-state index contributed by atoms with van der Waals surface area (Å²) < 4.78 is 37.9. The Kier molecular flexibility index (Phi) is 4.60. The Morgan fingerprint density at radius 2 is 1.79 bits per heavy atom. The number of carboxylic acid groups (broad SMARTS) is 1. The van der Waals surface area contributed by atoms with Crippen molar-refractivity contribution in [2.24, 2.45) is 11.3 Å². The number of nitrogens with zero attached hydrogens (tertiary/aromatic N) is 1. The van der Waals surface area contributed by atoms with Crippen LogP contribution in [0.3, 0.4) is 0 Å². The molecule has 1 spiro atoms. The second-order valence-corrected chi connectivity index (χ2v) is 7.18.